The second-order valence-electron chi connectivity index (χ2n) is 6.40. The number of carbonyl (C=O) groups is 1. The third-order valence-corrected chi connectivity index (χ3v) is 6.35. The zero-order chi connectivity index (χ0) is 21.7. The van der Waals surface area contributed by atoms with Gasteiger partial charge in [0.15, 0.2) is 0 Å². The number of hydrogen-bond acceptors (Lipinski definition) is 3. The molecule has 5 nitrogen and oxygen atoms in total. The van der Waals surface area contributed by atoms with Gasteiger partial charge in [-0.3, -0.25) is 4.79 Å². The van der Waals surface area contributed by atoms with Gasteiger partial charge in [0.2, 0.25) is 15.9 Å². The molecule has 0 unspecified atom stereocenters. The average molecular weight is 467 g/mol. The summed E-state index contributed by atoms with van der Waals surface area (Å²) < 4.78 is 41.1. The van der Waals surface area contributed by atoms with E-state index >= 15 is 0 Å². The fraction of sp³-hybridized carbons (Fsp3) is 0.0952. The van der Waals surface area contributed by atoms with Gasteiger partial charge in [-0.05, 0) is 48.4 Å². The predicted molar refractivity (Wildman–Crippen MR) is 116 cm³/mol. The lowest BCUT2D eigenvalue weighted by atomic mass is 10.1. The molecule has 0 saturated carbocycles. The summed E-state index contributed by atoms with van der Waals surface area (Å²) in [5.74, 6) is -1.21. The summed E-state index contributed by atoms with van der Waals surface area (Å²) in [5, 5.41) is 3.03. The van der Waals surface area contributed by atoms with E-state index in [0.29, 0.717) is 0 Å². The van der Waals surface area contributed by atoms with E-state index in [1.54, 1.807) is 42.5 Å². The second-order valence-corrected chi connectivity index (χ2v) is 8.93. The lowest BCUT2D eigenvalue weighted by Crippen LogP contribution is -2.45. The molecule has 3 aromatic carbocycles. The van der Waals surface area contributed by atoms with E-state index in [1.807, 2.05) is 6.07 Å². The molecule has 0 aliphatic rings. The van der Waals surface area contributed by atoms with Crippen molar-refractivity contribution in [1.29, 1.82) is 0 Å². The van der Waals surface area contributed by atoms with Gasteiger partial charge in [0.25, 0.3) is 0 Å². The van der Waals surface area contributed by atoms with Crippen LogP contribution in [0.25, 0.3) is 0 Å². The summed E-state index contributed by atoms with van der Waals surface area (Å²) in [4.78, 5) is 12.8. The third kappa shape index (κ3) is 5.58. The number of rotatable bonds is 7. The highest BCUT2D eigenvalue weighted by atomic mass is 35.5. The molecule has 30 heavy (non-hydrogen) atoms. The zero-order valence-corrected chi connectivity index (χ0v) is 17.8. The molecule has 0 saturated heterocycles. The van der Waals surface area contributed by atoms with Gasteiger partial charge in [-0.2, -0.15) is 4.72 Å². The monoisotopic (exact) mass is 466 g/mol. The molecule has 0 aliphatic carbocycles. The van der Waals surface area contributed by atoms with Crippen molar-refractivity contribution in [2.45, 2.75) is 17.4 Å². The molecule has 1 amide bonds. The minimum Gasteiger partial charge on any atom is -0.322 e. The van der Waals surface area contributed by atoms with Crippen LogP contribution in [0.1, 0.15) is 5.56 Å². The van der Waals surface area contributed by atoms with Crippen LogP contribution in [0.5, 0.6) is 0 Å². The number of para-hydroxylation sites is 1. The first-order valence-electron chi connectivity index (χ1n) is 8.83. The van der Waals surface area contributed by atoms with Crippen LogP contribution in [0.4, 0.5) is 10.1 Å². The number of carbonyl (C=O) groups excluding carboxylic acids is 1. The number of anilines is 1. The van der Waals surface area contributed by atoms with Crippen molar-refractivity contribution >= 4 is 44.8 Å². The average Bonchev–Trinajstić information content (AvgIpc) is 2.71. The Hall–Kier alpha value is -2.45. The Balaban J connectivity index is 1.90. The topological polar surface area (TPSA) is 75.3 Å². The Kier molecular flexibility index (Phi) is 7.10. The molecule has 9 heteroatoms. The van der Waals surface area contributed by atoms with Crippen LogP contribution in [0.2, 0.25) is 10.0 Å². The van der Waals surface area contributed by atoms with Gasteiger partial charge in [-0.25, -0.2) is 12.8 Å². The van der Waals surface area contributed by atoms with Crippen molar-refractivity contribution in [2.75, 3.05) is 5.32 Å². The van der Waals surface area contributed by atoms with Gasteiger partial charge < -0.3 is 5.32 Å². The van der Waals surface area contributed by atoms with Gasteiger partial charge in [0.05, 0.1) is 20.6 Å². The lowest BCUT2D eigenvalue weighted by Gasteiger charge is -2.19. The highest BCUT2D eigenvalue weighted by Gasteiger charge is 2.27. The number of amides is 1. The SMILES string of the molecule is O=C(Nc1c(Cl)cccc1Cl)[C@H](Cc1ccccc1)NS(=O)(=O)c1ccc(F)cc1. The molecule has 3 rings (SSSR count). The van der Waals surface area contributed by atoms with E-state index in [2.05, 4.69) is 10.0 Å². The summed E-state index contributed by atoms with van der Waals surface area (Å²) in [5.41, 5.74) is 0.926. The molecule has 156 valence electrons. The molecular weight excluding hydrogens is 450 g/mol. The molecule has 1 atom stereocenters. The van der Waals surface area contributed by atoms with Crippen molar-refractivity contribution in [3.8, 4) is 0 Å². The van der Waals surface area contributed by atoms with E-state index in [4.69, 9.17) is 23.2 Å². The van der Waals surface area contributed by atoms with Crippen molar-refractivity contribution < 1.29 is 17.6 Å². The maximum absolute atomic E-state index is 13.2. The largest absolute Gasteiger partial charge is 0.322 e. The smallest absolute Gasteiger partial charge is 0.242 e. The highest BCUT2D eigenvalue weighted by molar-refractivity contribution is 7.89. The molecular formula is C21H17Cl2FN2O3S. The third-order valence-electron chi connectivity index (χ3n) is 4.23. The fourth-order valence-corrected chi connectivity index (χ4v) is 4.42. The Morgan fingerprint density at radius 2 is 1.50 bits per heavy atom. The quantitative estimate of drug-likeness (QED) is 0.531. The van der Waals surface area contributed by atoms with Crippen molar-refractivity contribution in [3.05, 3.63) is 94.2 Å². The van der Waals surface area contributed by atoms with Gasteiger partial charge >= 0.3 is 0 Å². The summed E-state index contributed by atoms with van der Waals surface area (Å²) in [6.45, 7) is 0. The molecule has 0 heterocycles. The predicted octanol–water partition coefficient (Wildman–Crippen LogP) is 4.66. The molecule has 2 N–H and O–H groups in total. The fourth-order valence-electron chi connectivity index (χ4n) is 2.73. The minimum atomic E-state index is -4.10. The summed E-state index contributed by atoms with van der Waals surface area (Å²) in [6, 6.07) is 16.8. The van der Waals surface area contributed by atoms with Crippen LogP contribution in [0.3, 0.4) is 0 Å². The summed E-state index contributed by atoms with van der Waals surface area (Å²) in [6.07, 6.45) is 0.0785. The molecule has 0 aliphatic heterocycles. The molecule has 3 aromatic rings. The number of nitrogens with one attached hydrogen (secondary N) is 2. The van der Waals surface area contributed by atoms with E-state index in [-0.39, 0.29) is 27.0 Å². The molecule has 0 spiro atoms. The number of halogens is 3. The highest BCUT2D eigenvalue weighted by Crippen LogP contribution is 2.30. The van der Waals surface area contributed by atoms with Gasteiger partial charge in [0.1, 0.15) is 11.9 Å². The Bertz CT molecular complexity index is 1120. The molecule has 0 aromatic heterocycles. The standard InChI is InChI=1S/C21H17Cl2FN2O3S/c22-17-7-4-8-18(23)20(17)25-21(27)19(13-14-5-2-1-3-6-14)26-30(28,29)16-11-9-15(24)10-12-16/h1-12,19,26H,13H2,(H,25,27)/t19-/m0/s1. The first-order chi connectivity index (χ1) is 14.3. The van der Waals surface area contributed by atoms with Crippen LogP contribution < -0.4 is 10.0 Å². The molecule has 0 bridgehead atoms. The summed E-state index contributed by atoms with van der Waals surface area (Å²) in [7, 11) is -4.10. The second kappa shape index (κ2) is 9.57. The zero-order valence-electron chi connectivity index (χ0n) is 15.5. The maximum Gasteiger partial charge on any atom is 0.242 e. The van der Waals surface area contributed by atoms with Gasteiger partial charge in [-0.1, -0.05) is 59.6 Å². The van der Waals surface area contributed by atoms with Crippen LogP contribution in [0, 0.1) is 5.82 Å². The first kappa shape index (κ1) is 22.2. The number of benzene rings is 3. The van der Waals surface area contributed by atoms with Crippen molar-refractivity contribution in [2.24, 2.45) is 0 Å². The Labute approximate surface area is 183 Å². The number of sulfonamides is 1. The van der Waals surface area contributed by atoms with E-state index in [9.17, 15) is 17.6 Å². The summed E-state index contributed by atoms with van der Waals surface area (Å²) >= 11 is 12.2. The van der Waals surface area contributed by atoms with Crippen LogP contribution >= 0.6 is 23.2 Å². The van der Waals surface area contributed by atoms with Crippen molar-refractivity contribution in [1.82, 2.24) is 4.72 Å². The Morgan fingerprint density at radius 3 is 2.10 bits per heavy atom. The lowest BCUT2D eigenvalue weighted by molar-refractivity contribution is -0.117. The van der Waals surface area contributed by atoms with Gasteiger partial charge in [-0.15, -0.1) is 0 Å². The molecule has 0 radical (unpaired) electrons. The number of hydrogen-bond donors (Lipinski definition) is 2. The molecule has 0 fully saturated rings. The van der Waals surface area contributed by atoms with Crippen LogP contribution in [-0.4, -0.2) is 20.4 Å². The maximum atomic E-state index is 13.2. The van der Waals surface area contributed by atoms with E-state index < -0.39 is 27.8 Å². The van der Waals surface area contributed by atoms with Crippen LogP contribution in [-0.2, 0) is 21.2 Å². The van der Waals surface area contributed by atoms with E-state index in [0.717, 1.165) is 29.8 Å². The van der Waals surface area contributed by atoms with Gasteiger partial charge in [0, 0.05) is 0 Å². The van der Waals surface area contributed by atoms with Crippen molar-refractivity contribution in [3.63, 3.8) is 0 Å². The normalized spacial score (nSPS) is 12.4. The minimum absolute atomic E-state index is 0.0785. The van der Waals surface area contributed by atoms with E-state index in [1.165, 1.54) is 0 Å². The van der Waals surface area contributed by atoms with Crippen LogP contribution in [0.15, 0.2) is 77.7 Å². The first-order valence-corrected chi connectivity index (χ1v) is 11.1. The Morgan fingerprint density at radius 1 is 0.900 bits per heavy atom.